The first-order valence-electron chi connectivity index (χ1n) is 8.69. The Morgan fingerprint density at radius 2 is 1.93 bits per heavy atom. The molecule has 0 aliphatic carbocycles. The second-order valence-electron chi connectivity index (χ2n) is 6.43. The summed E-state index contributed by atoms with van der Waals surface area (Å²) in [6.45, 7) is 5.95. The van der Waals surface area contributed by atoms with E-state index in [0.717, 1.165) is 5.56 Å². The second kappa shape index (κ2) is 7.84. The number of aromatic nitrogens is 2. The zero-order valence-corrected chi connectivity index (χ0v) is 16.2. The number of thiophene rings is 1. The summed E-state index contributed by atoms with van der Waals surface area (Å²) in [5.74, 6) is -0.374. The Kier molecular flexibility index (Phi) is 5.51. The average Bonchev–Trinajstić information content (AvgIpc) is 3.09. The van der Waals surface area contributed by atoms with Crippen LogP contribution in [0.5, 0.6) is 0 Å². The van der Waals surface area contributed by atoms with E-state index in [4.69, 9.17) is 4.74 Å². The van der Waals surface area contributed by atoms with Crippen LogP contribution < -0.4 is 5.56 Å². The van der Waals surface area contributed by atoms with Gasteiger partial charge in [0.05, 0.1) is 30.4 Å². The number of carbonyl (C=O) groups excluding carboxylic acids is 2. The summed E-state index contributed by atoms with van der Waals surface area (Å²) in [6.07, 6.45) is 1.34. The van der Waals surface area contributed by atoms with Gasteiger partial charge in [0, 0.05) is 10.9 Å². The first-order valence-corrected chi connectivity index (χ1v) is 9.57. The lowest BCUT2D eigenvalue weighted by atomic mass is 10.0. The van der Waals surface area contributed by atoms with Crippen molar-refractivity contribution in [3.63, 3.8) is 0 Å². The molecule has 140 valence electrons. The fraction of sp³-hybridized carbons (Fsp3) is 0.300. The summed E-state index contributed by atoms with van der Waals surface area (Å²) < 4.78 is 6.23. The fourth-order valence-corrected chi connectivity index (χ4v) is 3.61. The summed E-state index contributed by atoms with van der Waals surface area (Å²) in [6, 6.07) is 7.37. The summed E-state index contributed by atoms with van der Waals surface area (Å²) in [7, 11) is 0. The summed E-state index contributed by atoms with van der Waals surface area (Å²) in [5, 5.41) is 1.76. The van der Waals surface area contributed by atoms with Crippen LogP contribution in [0.4, 0.5) is 0 Å². The number of Topliss-reactive ketones (excluding diaryl/α,β-unsaturated/α-hetero) is 1. The highest BCUT2D eigenvalue weighted by Gasteiger charge is 2.19. The van der Waals surface area contributed by atoms with Crippen LogP contribution in [0.15, 0.2) is 40.8 Å². The molecule has 0 saturated carbocycles. The number of ketones is 1. The van der Waals surface area contributed by atoms with Crippen LogP contribution in [-0.2, 0) is 11.3 Å². The van der Waals surface area contributed by atoms with Crippen molar-refractivity contribution in [2.75, 3.05) is 6.61 Å². The van der Waals surface area contributed by atoms with E-state index in [2.05, 4.69) is 18.8 Å². The van der Waals surface area contributed by atoms with Crippen molar-refractivity contribution >= 4 is 33.3 Å². The Balaban J connectivity index is 1.91. The van der Waals surface area contributed by atoms with Crippen molar-refractivity contribution in [1.29, 1.82) is 0 Å². The van der Waals surface area contributed by atoms with E-state index in [9.17, 15) is 14.4 Å². The molecular weight excluding hydrogens is 364 g/mol. The van der Waals surface area contributed by atoms with Crippen LogP contribution in [-0.4, -0.2) is 27.9 Å². The minimum absolute atomic E-state index is 0.138. The number of benzene rings is 1. The van der Waals surface area contributed by atoms with Gasteiger partial charge in [-0.1, -0.05) is 38.1 Å². The van der Waals surface area contributed by atoms with Gasteiger partial charge in [-0.05, 0) is 18.4 Å². The number of hydrogen-bond donors (Lipinski definition) is 0. The number of esters is 1. The highest BCUT2D eigenvalue weighted by atomic mass is 32.1. The van der Waals surface area contributed by atoms with Gasteiger partial charge in [0.25, 0.3) is 5.56 Å². The molecule has 27 heavy (non-hydrogen) atoms. The molecule has 1 aromatic carbocycles. The molecule has 0 unspecified atom stereocenters. The highest BCUT2D eigenvalue weighted by molar-refractivity contribution is 7.17. The quantitative estimate of drug-likeness (QED) is 0.479. The van der Waals surface area contributed by atoms with Crippen molar-refractivity contribution in [2.45, 2.75) is 33.2 Å². The predicted molar refractivity (Wildman–Crippen MR) is 105 cm³/mol. The van der Waals surface area contributed by atoms with Crippen LogP contribution in [0.25, 0.3) is 10.2 Å². The van der Waals surface area contributed by atoms with E-state index in [1.54, 1.807) is 24.4 Å². The maximum absolute atomic E-state index is 12.8. The van der Waals surface area contributed by atoms with E-state index in [0.29, 0.717) is 16.3 Å². The number of rotatable bonds is 6. The molecule has 0 amide bonds. The summed E-state index contributed by atoms with van der Waals surface area (Å²) in [4.78, 5) is 42.1. The van der Waals surface area contributed by atoms with E-state index < -0.39 is 11.5 Å². The largest absolute Gasteiger partial charge is 0.462 e. The number of carbonyl (C=O) groups is 2. The first kappa shape index (κ1) is 19.0. The Morgan fingerprint density at radius 1 is 1.22 bits per heavy atom. The third kappa shape index (κ3) is 3.83. The van der Waals surface area contributed by atoms with Gasteiger partial charge in [-0.15, -0.1) is 11.3 Å². The molecule has 6 nitrogen and oxygen atoms in total. The maximum Gasteiger partial charge on any atom is 0.339 e. The molecule has 0 N–H and O–H groups in total. The van der Waals surface area contributed by atoms with Crippen LogP contribution in [0.2, 0.25) is 0 Å². The molecule has 0 aliphatic heterocycles. The van der Waals surface area contributed by atoms with Gasteiger partial charge < -0.3 is 4.74 Å². The third-order valence-corrected chi connectivity index (χ3v) is 5.16. The van der Waals surface area contributed by atoms with E-state index in [1.807, 2.05) is 12.1 Å². The Labute approximate surface area is 160 Å². The Morgan fingerprint density at radius 3 is 2.56 bits per heavy atom. The van der Waals surface area contributed by atoms with E-state index in [-0.39, 0.29) is 29.9 Å². The number of hydrogen-bond acceptors (Lipinski definition) is 6. The molecule has 0 saturated heterocycles. The van der Waals surface area contributed by atoms with Crippen molar-refractivity contribution < 1.29 is 14.3 Å². The molecule has 7 heteroatoms. The molecular formula is C20H20N2O4S. The van der Waals surface area contributed by atoms with Crippen molar-refractivity contribution in [3.8, 4) is 0 Å². The zero-order valence-electron chi connectivity index (χ0n) is 15.4. The van der Waals surface area contributed by atoms with Gasteiger partial charge in [-0.3, -0.25) is 14.2 Å². The monoisotopic (exact) mass is 384 g/mol. The first-order chi connectivity index (χ1) is 12.9. The lowest BCUT2D eigenvalue weighted by Gasteiger charge is -2.08. The van der Waals surface area contributed by atoms with E-state index in [1.165, 1.54) is 22.2 Å². The molecule has 3 aromatic rings. The standard InChI is InChI=1S/C20H20N2O4S/c1-4-26-20(25)15-10-27-18-17(15)19(24)22(11-21-18)9-16(23)14-7-5-13(6-8-14)12(2)3/h5-8,10-12H,4,9H2,1-3H3. The molecule has 3 rings (SSSR count). The summed E-state index contributed by atoms with van der Waals surface area (Å²) >= 11 is 1.20. The number of ether oxygens (including phenoxy) is 1. The highest BCUT2D eigenvalue weighted by Crippen LogP contribution is 2.21. The van der Waals surface area contributed by atoms with Gasteiger partial charge in [0.2, 0.25) is 0 Å². The maximum atomic E-state index is 12.8. The van der Waals surface area contributed by atoms with Crippen LogP contribution in [0.1, 0.15) is 53.0 Å². The van der Waals surface area contributed by atoms with Crippen LogP contribution >= 0.6 is 11.3 Å². The van der Waals surface area contributed by atoms with Gasteiger partial charge in [0.1, 0.15) is 4.83 Å². The average molecular weight is 384 g/mol. The smallest absolute Gasteiger partial charge is 0.339 e. The lowest BCUT2D eigenvalue weighted by Crippen LogP contribution is -2.25. The van der Waals surface area contributed by atoms with Gasteiger partial charge >= 0.3 is 5.97 Å². The predicted octanol–water partition coefficient (Wildman–Crippen LogP) is 3.64. The van der Waals surface area contributed by atoms with Gasteiger partial charge in [0.15, 0.2) is 5.78 Å². The van der Waals surface area contributed by atoms with Crippen molar-refractivity contribution in [3.05, 3.63) is 63.0 Å². The molecule has 0 aliphatic rings. The molecule has 2 aromatic heterocycles. The molecule has 0 radical (unpaired) electrons. The minimum Gasteiger partial charge on any atom is -0.462 e. The molecule has 0 fully saturated rings. The minimum atomic E-state index is -0.559. The van der Waals surface area contributed by atoms with Crippen LogP contribution in [0.3, 0.4) is 0 Å². The number of fused-ring (bicyclic) bond motifs is 1. The normalized spacial score (nSPS) is 11.1. The molecule has 0 bridgehead atoms. The SMILES string of the molecule is CCOC(=O)c1csc2ncn(CC(=O)c3ccc(C(C)C)cc3)c(=O)c12. The topological polar surface area (TPSA) is 78.3 Å². The Hall–Kier alpha value is -2.80. The number of nitrogens with zero attached hydrogens (tertiary/aromatic N) is 2. The second-order valence-corrected chi connectivity index (χ2v) is 7.29. The molecule has 0 atom stereocenters. The van der Waals surface area contributed by atoms with Gasteiger partial charge in [-0.25, -0.2) is 9.78 Å². The molecule has 0 spiro atoms. The zero-order chi connectivity index (χ0) is 19.6. The van der Waals surface area contributed by atoms with Crippen molar-refractivity contribution in [1.82, 2.24) is 9.55 Å². The fourth-order valence-electron chi connectivity index (χ4n) is 2.74. The van der Waals surface area contributed by atoms with Crippen LogP contribution in [0, 0.1) is 0 Å². The Bertz CT molecular complexity index is 1050. The lowest BCUT2D eigenvalue weighted by molar-refractivity contribution is 0.0529. The van der Waals surface area contributed by atoms with Crippen molar-refractivity contribution in [2.24, 2.45) is 0 Å². The molecule has 2 heterocycles. The summed E-state index contributed by atoms with van der Waals surface area (Å²) in [5.41, 5.74) is 1.44. The van der Waals surface area contributed by atoms with Gasteiger partial charge in [-0.2, -0.15) is 0 Å². The van der Waals surface area contributed by atoms with E-state index >= 15 is 0 Å². The third-order valence-electron chi connectivity index (χ3n) is 4.27.